The zero-order valence-corrected chi connectivity index (χ0v) is 19.1. The normalized spacial score (nSPS) is 13.7. The maximum absolute atomic E-state index is 14.3. The van der Waals surface area contributed by atoms with Crippen LogP contribution in [0.15, 0.2) is 17.0 Å². The number of halogens is 2. The molecule has 0 saturated carbocycles. The molecule has 0 bridgehead atoms. The third-order valence-electron chi connectivity index (χ3n) is 4.02. The third kappa shape index (κ3) is 8.39. The molecule has 7 heteroatoms. The van der Waals surface area contributed by atoms with Gasteiger partial charge in [-0.3, -0.25) is 9.59 Å². The maximum atomic E-state index is 14.3. The number of esters is 1. The van der Waals surface area contributed by atoms with Crippen LogP contribution in [0.3, 0.4) is 0 Å². The molecule has 1 amide bonds. The molecule has 0 aromatic heterocycles. The van der Waals surface area contributed by atoms with Gasteiger partial charge in [0.25, 0.3) is 0 Å². The number of hydrogen-bond acceptors (Lipinski definition) is 4. The fourth-order valence-corrected chi connectivity index (χ4v) is 3.83. The van der Waals surface area contributed by atoms with Crippen molar-refractivity contribution in [3.63, 3.8) is 0 Å². The highest BCUT2D eigenvalue weighted by Gasteiger charge is 2.27. The Kier molecular flexibility index (Phi) is 9.78. The van der Waals surface area contributed by atoms with Gasteiger partial charge in [0, 0.05) is 11.3 Å². The Morgan fingerprint density at radius 1 is 1.29 bits per heavy atom. The molecule has 1 aromatic carbocycles. The standard InChI is InChI=1S/C21H31ClFNO3S/c1-7-9-17(20(26)27-21(4,5)6)28-18-12-16(15(23)11-14(18)22)24-19(25)10-13(3)8-2/h11-13,17H,7-10H2,1-6H3,(H,24,25). The largest absolute Gasteiger partial charge is 0.459 e. The topological polar surface area (TPSA) is 55.4 Å². The first kappa shape index (κ1) is 24.8. The predicted molar refractivity (Wildman–Crippen MR) is 115 cm³/mol. The van der Waals surface area contributed by atoms with E-state index in [2.05, 4.69) is 5.32 Å². The minimum Gasteiger partial charge on any atom is -0.459 e. The number of thioether (sulfide) groups is 1. The van der Waals surface area contributed by atoms with Crippen molar-refractivity contribution in [3.05, 3.63) is 23.0 Å². The van der Waals surface area contributed by atoms with Crippen LogP contribution in [0.1, 0.15) is 67.2 Å². The molecular weight excluding hydrogens is 401 g/mol. The molecule has 0 aliphatic heterocycles. The number of benzene rings is 1. The lowest BCUT2D eigenvalue weighted by atomic mass is 10.1. The molecular formula is C21H31ClFNO3S. The number of carbonyl (C=O) groups excluding carboxylic acids is 2. The van der Waals surface area contributed by atoms with Crippen LogP contribution in [-0.2, 0) is 14.3 Å². The molecule has 28 heavy (non-hydrogen) atoms. The van der Waals surface area contributed by atoms with Gasteiger partial charge in [0.05, 0.1) is 10.7 Å². The minimum atomic E-state index is -0.601. The lowest BCUT2D eigenvalue weighted by molar-refractivity contribution is -0.154. The average molecular weight is 432 g/mol. The predicted octanol–water partition coefficient (Wildman–Crippen LogP) is 6.46. The van der Waals surface area contributed by atoms with E-state index in [1.54, 1.807) is 0 Å². The fraction of sp³-hybridized carbons (Fsp3) is 0.619. The zero-order chi connectivity index (χ0) is 21.5. The highest BCUT2D eigenvalue weighted by Crippen LogP contribution is 2.36. The van der Waals surface area contributed by atoms with Crippen LogP contribution in [0, 0.1) is 11.7 Å². The summed E-state index contributed by atoms with van der Waals surface area (Å²) in [7, 11) is 0. The van der Waals surface area contributed by atoms with Gasteiger partial charge in [0.15, 0.2) is 0 Å². The van der Waals surface area contributed by atoms with E-state index in [4.69, 9.17) is 16.3 Å². The molecule has 2 unspecified atom stereocenters. The molecule has 0 heterocycles. The van der Waals surface area contributed by atoms with Crippen LogP contribution >= 0.6 is 23.4 Å². The summed E-state index contributed by atoms with van der Waals surface area (Å²) in [5.41, 5.74) is -0.523. The Balaban J connectivity index is 3.02. The molecule has 0 saturated heterocycles. The van der Waals surface area contributed by atoms with Crippen LogP contribution < -0.4 is 5.32 Å². The van der Waals surface area contributed by atoms with Crippen molar-refractivity contribution < 1.29 is 18.7 Å². The number of anilines is 1. The van der Waals surface area contributed by atoms with Crippen molar-refractivity contribution in [2.24, 2.45) is 5.92 Å². The van der Waals surface area contributed by atoms with Crippen LogP contribution in [-0.4, -0.2) is 22.7 Å². The highest BCUT2D eigenvalue weighted by atomic mass is 35.5. The monoisotopic (exact) mass is 431 g/mol. The summed E-state index contributed by atoms with van der Waals surface area (Å²) >= 11 is 7.43. The molecule has 0 radical (unpaired) electrons. The summed E-state index contributed by atoms with van der Waals surface area (Å²) in [6.07, 6.45) is 2.57. The Bertz CT molecular complexity index is 691. The number of amides is 1. The van der Waals surface area contributed by atoms with Gasteiger partial charge in [-0.15, -0.1) is 11.8 Å². The van der Waals surface area contributed by atoms with Gasteiger partial charge >= 0.3 is 5.97 Å². The highest BCUT2D eigenvalue weighted by molar-refractivity contribution is 8.00. The first-order valence-corrected chi connectivity index (χ1v) is 10.9. The molecule has 0 aliphatic rings. The van der Waals surface area contributed by atoms with E-state index in [-0.39, 0.29) is 28.5 Å². The van der Waals surface area contributed by atoms with Crippen LogP contribution in [0.2, 0.25) is 5.02 Å². The molecule has 1 N–H and O–H groups in total. The number of ether oxygens (including phenoxy) is 1. The quantitative estimate of drug-likeness (QED) is 0.360. The van der Waals surface area contributed by atoms with Crippen molar-refractivity contribution >= 4 is 40.9 Å². The second-order valence-electron chi connectivity index (χ2n) is 7.96. The van der Waals surface area contributed by atoms with E-state index >= 15 is 0 Å². The van der Waals surface area contributed by atoms with Gasteiger partial charge < -0.3 is 10.1 Å². The number of nitrogens with one attached hydrogen (secondary N) is 1. The molecule has 0 spiro atoms. The Morgan fingerprint density at radius 3 is 2.46 bits per heavy atom. The summed E-state index contributed by atoms with van der Waals surface area (Å²) in [6, 6.07) is 2.66. The first-order valence-electron chi connectivity index (χ1n) is 9.65. The van der Waals surface area contributed by atoms with Gasteiger partial charge in [0.1, 0.15) is 16.7 Å². The molecule has 2 atom stereocenters. The van der Waals surface area contributed by atoms with Crippen LogP contribution in [0.4, 0.5) is 10.1 Å². The molecule has 0 fully saturated rings. The van der Waals surface area contributed by atoms with E-state index in [1.165, 1.54) is 23.9 Å². The van der Waals surface area contributed by atoms with Gasteiger partial charge in [-0.25, -0.2) is 4.39 Å². The zero-order valence-electron chi connectivity index (χ0n) is 17.5. The van der Waals surface area contributed by atoms with Crippen LogP contribution in [0.5, 0.6) is 0 Å². The van der Waals surface area contributed by atoms with E-state index in [0.717, 1.165) is 12.8 Å². The van der Waals surface area contributed by atoms with E-state index < -0.39 is 16.7 Å². The van der Waals surface area contributed by atoms with Gasteiger partial charge in [-0.1, -0.05) is 45.2 Å². The molecule has 158 valence electrons. The van der Waals surface area contributed by atoms with Crippen molar-refractivity contribution in [2.45, 2.75) is 83.0 Å². The molecule has 1 aromatic rings. The fourth-order valence-electron chi connectivity index (χ4n) is 2.39. The summed E-state index contributed by atoms with van der Waals surface area (Å²) < 4.78 is 19.8. The second kappa shape index (κ2) is 11.1. The summed E-state index contributed by atoms with van der Waals surface area (Å²) in [5.74, 6) is -0.965. The lowest BCUT2D eigenvalue weighted by Crippen LogP contribution is -2.30. The van der Waals surface area contributed by atoms with Gasteiger partial charge in [-0.05, 0) is 45.2 Å². The summed E-state index contributed by atoms with van der Waals surface area (Å²) in [6.45, 7) is 11.4. The van der Waals surface area contributed by atoms with E-state index in [9.17, 15) is 14.0 Å². The van der Waals surface area contributed by atoms with Gasteiger partial charge in [0.2, 0.25) is 5.91 Å². The van der Waals surface area contributed by atoms with Crippen LogP contribution in [0.25, 0.3) is 0 Å². The molecule has 1 rings (SSSR count). The smallest absolute Gasteiger partial charge is 0.319 e. The van der Waals surface area contributed by atoms with Crippen molar-refractivity contribution in [3.8, 4) is 0 Å². The first-order chi connectivity index (χ1) is 13.0. The van der Waals surface area contributed by atoms with Crippen molar-refractivity contribution in [2.75, 3.05) is 5.32 Å². The van der Waals surface area contributed by atoms with E-state index in [0.29, 0.717) is 17.7 Å². The number of hydrogen-bond donors (Lipinski definition) is 1. The van der Waals surface area contributed by atoms with Gasteiger partial charge in [-0.2, -0.15) is 0 Å². The average Bonchev–Trinajstić information content (AvgIpc) is 2.56. The Labute approximate surface area is 176 Å². The number of carbonyl (C=O) groups is 2. The Hall–Kier alpha value is -1.27. The van der Waals surface area contributed by atoms with E-state index in [1.807, 2.05) is 41.5 Å². The number of rotatable bonds is 9. The van der Waals surface area contributed by atoms with Crippen molar-refractivity contribution in [1.29, 1.82) is 0 Å². The minimum absolute atomic E-state index is 0.0691. The summed E-state index contributed by atoms with van der Waals surface area (Å²) in [5, 5.41) is 2.35. The third-order valence-corrected chi connectivity index (χ3v) is 5.75. The summed E-state index contributed by atoms with van der Waals surface area (Å²) in [4.78, 5) is 25.2. The van der Waals surface area contributed by atoms with Crippen molar-refractivity contribution in [1.82, 2.24) is 0 Å². The molecule has 4 nitrogen and oxygen atoms in total. The lowest BCUT2D eigenvalue weighted by Gasteiger charge is -2.24. The second-order valence-corrected chi connectivity index (χ2v) is 9.61. The SMILES string of the molecule is CCCC(Sc1cc(NC(=O)CC(C)CC)c(F)cc1Cl)C(=O)OC(C)(C)C. The maximum Gasteiger partial charge on any atom is 0.319 e. The molecule has 0 aliphatic carbocycles. The Morgan fingerprint density at radius 2 is 1.93 bits per heavy atom.